The SMILES string of the molecule is COc1cc(C)c(S(=O)(=O)NC(=N)NCCC[C@H](NC(=O)[C@@H]2CCN3CC[C@](Cc4ccccc4)(NC(=O)OC(C)(C)C)C(=O)N23)C(O)c2nc3ccccc3s2)c(C)c1C. The molecule has 2 saturated heterocycles. The minimum Gasteiger partial charge on any atom is -0.496 e. The van der Waals surface area contributed by atoms with Crippen LogP contribution < -0.4 is 25.4 Å². The van der Waals surface area contributed by atoms with E-state index in [1.54, 1.807) is 47.6 Å². The average molecular weight is 877 g/mol. The average Bonchev–Trinajstić information content (AvgIpc) is 3.83. The maximum atomic E-state index is 14.7. The van der Waals surface area contributed by atoms with Gasteiger partial charge in [0, 0.05) is 26.1 Å². The van der Waals surface area contributed by atoms with Crippen molar-refractivity contribution in [1.29, 1.82) is 5.41 Å². The van der Waals surface area contributed by atoms with Crippen molar-refractivity contribution in [3.8, 4) is 5.75 Å². The molecule has 2 fully saturated rings. The number of aliphatic hydroxyl groups is 1. The molecule has 1 aromatic heterocycles. The monoisotopic (exact) mass is 876 g/mol. The Morgan fingerprint density at radius 3 is 2.46 bits per heavy atom. The normalized spacial score (nSPS) is 19.2. The van der Waals surface area contributed by atoms with E-state index in [9.17, 15) is 27.9 Å². The number of carbonyl (C=O) groups excluding carboxylic acids is 3. The highest BCUT2D eigenvalue weighted by Crippen LogP contribution is 2.35. The number of sulfonamides is 1. The Morgan fingerprint density at radius 2 is 1.77 bits per heavy atom. The summed E-state index contributed by atoms with van der Waals surface area (Å²) in [5, 5.41) is 32.6. The molecule has 328 valence electrons. The molecule has 1 unspecified atom stereocenters. The van der Waals surface area contributed by atoms with Gasteiger partial charge in [-0.05, 0) is 108 Å². The lowest BCUT2D eigenvalue weighted by Crippen LogP contribution is -2.70. The Labute approximate surface area is 360 Å². The predicted octanol–water partition coefficient (Wildman–Crippen LogP) is 4.76. The van der Waals surface area contributed by atoms with Gasteiger partial charge in [0.25, 0.3) is 15.9 Å². The van der Waals surface area contributed by atoms with Crippen LogP contribution in [0.1, 0.15) is 79.8 Å². The highest BCUT2D eigenvalue weighted by atomic mass is 32.2. The van der Waals surface area contributed by atoms with Crippen molar-refractivity contribution in [1.82, 2.24) is 35.7 Å². The van der Waals surface area contributed by atoms with Crippen molar-refractivity contribution in [2.45, 2.75) is 108 Å². The second-order valence-electron chi connectivity index (χ2n) is 16.6. The van der Waals surface area contributed by atoms with Crippen LogP contribution in [0.4, 0.5) is 4.79 Å². The molecule has 61 heavy (non-hydrogen) atoms. The Kier molecular flexibility index (Phi) is 13.6. The van der Waals surface area contributed by atoms with Crippen LogP contribution in [0.25, 0.3) is 10.2 Å². The van der Waals surface area contributed by atoms with Crippen LogP contribution in [0.3, 0.4) is 0 Å². The highest BCUT2D eigenvalue weighted by molar-refractivity contribution is 7.90. The first-order chi connectivity index (χ1) is 28.8. The van der Waals surface area contributed by atoms with Gasteiger partial charge >= 0.3 is 6.09 Å². The van der Waals surface area contributed by atoms with Crippen LogP contribution in [-0.4, -0.2) is 102 Å². The number of aromatic nitrogens is 1. The van der Waals surface area contributed by atoms with Gasteiger partial charge in [0.05, 0.1) is 28.3 Å². The molecule has 6 N–H and O–H groups in total. The number of rotatable bonds is 14. The number of ether oxygens (including phenoxy) is 2. The first kappa shape index (κ1) is 45.2. The molecule has 0 radical (unpaired) electrons. The Balaban J connectivity index is 1.18. The third kappa shape index (κ3) is 10.3. The second kappa shape index (κ2) is 18.4. The molecular formula is C43H56N8O8S2. The van der Waals surface area contributed by atoms with E-state index in [-0.39, 0.29) is 24.3 Å². The van der Waals surface area contributed by atoms with Crippen molar-refractivity contribution < 1.29 is 37.4 Å². The van der Waals surface area contributed by atoms with E-state index in [1.165, 1.54) is 23.5 Å². The van der Waals surface area contributed by atoms with Gasteiger partial charge in [0.1, 0.15) is 34.0 Å². The number of alkyl carbamates (subject to hydrolysis) is 1. The maximum Gasteiger partial charge on any atom is 0.408 e. The zero-order chi connectivity index (χ0) is 44.3. The molecule has 2 aliphatic heterocycles. The van der Waals surface area contributed by atoms with E-state index in [0.29, 0.717) is 65.3 Å². The molecule has 3 aromatic carbocycles. The summed E-state index contributed by atoms with van der Waals surface area (Å²) in [5.74, 6) is -0.790. The number of aliphatic hydroxyl groups excluding tert-OH is 1. The molecule has 3 amide bonds. The number of benzene rings is 3. The molecule has 0 aliphatic carbocycles. The first-order valence-corrected chi connectivity index (χ1v) is 22.6. The summed E-state index contributed by atoms with van der Waals surface area (Å²) in [6.07, 6.45) is -0.670. The van der Waals surface area contributed by atoms with Gasteiger partial charge in [-0.2, -0.15) is 0 Å². The third-order valence-corrected chi connectivity index (χ3v) is 13.8. The number of fused-ring (bicyclic) bond motifs is 2. The van der Waals surface area contributed by atoms with Crippen LogP contribution in [-0.2, 0) is 30.8 Å². The van der Waals surface area contributed by atoms with E-state index >= 15 is 0 Å². The molecule has 6 rings (SSSR count). The lowest BCUT2D eigenvalue weighted by molar-refractivity contribution is -0.167. The maximum absolute atomic E-state index is 14.7. The van der Waals surface area contributed by atoms with E-state index in [0.717, 1.165) is 10.3 Å². The van der Waals surface area contributed by atoms with Gasteiger partial charge in [-0.25, -0.2) is 27.9 Å². The summed E-state index contributed by atoms with van der Waals surface area (Å²) < 4.78 is 41.0. The first-order valence-electron chi connectivity index (χ1n) is 20.3. The minimum atomic E-state index is -4.13. The summed E-state index contributed by atoms with van der Waals surface area (Å²) >= 11 is 1.30. The number of nitrogens with zero attached hydrogens (tertiary/aromatic N) is 3. The van der Waals surface area contributed by atoms with Crippen molar-refractivity contribution in [3.63, 3.8) is 0 Å². The number of aryl methyl sites for hydroxylation is 1. The molecule has 0 spiro atoms. The largest absolute Gasteiger partial charge is 0.496 e. The standard InChI is InChI=1S/C43H56N8O8S2/c1-26-24-33(58-7)27(2)28(3)36(26)61(56,57)49-40(44)45-21-13-17-31(35(52)38-47-30-16-11-12-18-34(30)60-38)46-37(53)32-19-22-50-23-20-43(39(54)51(32)50,25-29-14-9-8-10-15-29)48-41(55)59-42(4,5)6/h8-12,14-16,18,24,31-32,35,52H,13,17,19-23,25H2,1-7H3,(H,46,53)(H,48,55)(H3,44,45,49)/t31-,32-,35?,43+/m0/s1. The number of guanidine groups is 1. The summed E-state index contributed by atoms with van der Waals surface area (Å²) in [6.45, 7) is 11.3. The number of hydrogen-bond acceptors (Lipinski definition) is 12. The molecule has 0 bridgehead atoms. The van der Waals surface area contributed by atoms with Gasteiger partial charge in [-0.15, -0.1) is 11.3 Å². The molecular weight excluding hydrogens is 821 g/mol. The summed E-state index contributed by atoms with van der Waals surface area (Å²) in [4.78, 5) is 47.1. The third-order valence-electron chi connectivity index (χ3n) is 11.0. The highest BCUT2D eigenvalue weighted by Gasteiger charge is 2.54. The van der Waals surface area contributed by atoms with Crippen LogP contribution in [0.5, 0.6) is 5.75 Å². The lowest BCUT2D eigenvalue weighted by atomic mass is 9.84. The molecule has 18 heteroatoms. The fourth-order valence-electron chi connectivity index (χ4n) is 8.02. The minimum absolute atomic E-state index is 0.0645. The number of carbonyl (C=O) groups is 3. The second-order valence-corrected chi connectivity index (χ2v) is 19.3. The number of hydrazine groups is 1. The number of amides is 3. The molecule has 4 aromatic rings. The fraction of sp³-hybridized carbons (Fsp3) is 0.465. The summed E-state index contributed by atoms with van der Waals surface area (Å²) in [6, 6.07) is 16.6. The quantitative estimate of drug-likeness (QED) is 0.0577. The van der Waals surface area contributed by atoms with E-state index in [2.05, 4.69) is 25.7 Å². The zero-order valence-electron chi connectivity index (χ0n) is 35.6. The van der Waals surface area contributed by atoms with Crippen LogP contribution in [0.2, 0.25) is 0 Å². The smallest absolute Gasteiger partial charge is 0.408 e. The number of para-hydroxylation sites is 1. The molecule has 2 aliphatic rings. The van der Waals surface area contributed by atoms with Gasteiger partial charge in [-0.3, -0.25) is 20.0 Å². The van der Waals surface area contributed by atoms with Crippen LogP contribution in [0, 0.1) is 26.2 Å². The van der Waals surface area contributed by atoms with Crippen molar-refractivity contribution in [2.24, 2.45) is 0 Å². The summed E-state index contributed by atoms with van der Waals surface area (Å²) in [7, 11) is -2.61. The van der Waals surface area contributed by atoms with Gasteiger partial charge in [-0.1, -0.05) is 42.5 Å². The van der Waals surface area contributed by atoms with E-state index < -0.39 is 63.2 Å². The molecule has 4 atom stereocenters. The number of thiazole rings is 1. The van der Waals surface area contributed by atoms with Crippen LogP contribution >= 0.6 is 11.3 Å². The molecule has 16 nitrogen and oxygen atoms in total. The Hall–Kier alpha value is -5.30. The molecule has 0 saturated carbocycles. The van der Waals surface area contributed by atoms with Crippen molar-refractivity contribution in [2.75, 3.05) is 26.7 Å². The Morgan fingerprint density at radius 1 is 1.07 bits per heavy atom. The predicted molar refractivity (Wildman–Crippen MR) is 233 cm³/mol. The fourth-order valence-corrected chi connectivity index (χ4v) is 10.5. The van der Waals surface area contributed by atoms with Gasteiger partial charge in [0.15, 0.2) is 0 Å². The van der Waals surface area contributed by atoms with Crippen LogP contribution in [0.15, 0.2) is 65.6 Å². The molecule has 3 heterocycles. The zero-order valence-corrected chi connectivity index (χ0v) is 37.3. The topological polar surface area (TPSA) is 215 Å². The lowest BCUT2D eigenvalue weighted by Gasteiger charge is -2.46. The van der Waals surface area contributed by atoms with Crippen molar-refractivity contribution >= 4 is 55.4 Å². The summed E-state index contributed by atoms with van der Waals surface area (Å²) in [5.41, 5.74) is 0.976. The van der Waals surface area contributed by atoms with E-state index in [4.69, 9.17) is 14.9 Å². The number of nitrogens with one attached hydrogen (secondary N) is 5. The number of hydrogen-bond donors (Lipinski definition) is 6. The van der Waals surface area contributed by atoms with E-state index in [1.807, 2.05) is 59.6 Å². The van der Waals surface area contributed by atoms with Gasteiger partial charge in [0.2, 0.25) is 11.9 Å². The number of methoxy groups -OCH3 is 1. The Bertz CT molecular complexity index is 2350. The van der Waals surface area contributed by atoms with Crippen molar-refractivity contribution in [3.05, 3.63) is 87.9 Å². The van der Waals surface area contributed by atoms with Gasteiger partial charge < -0.3 is 30.5 Å².